The molecule has 0 aromatic carbocycles. The van der Waals surface area contributed by atoms with E-state index >= 15 is 0 Å². The molecule has 26 heavy (non-hydrogen) atoms. The summed E-state index contributed by atoms with van der Waals surface area (Å²) in [5, 5.41) is 19.1. The molecule has 0 amide bonds. The summed E-state index contributed by atoms with van der Waals surface area (Å²) in [6, 6.07) is 6.17. The summed E-state index contributed by atoms with van der Waals surface area (Å²) in [7, 11) is 0. The van der Waals surface area contributed by atoms with Gasteiger partial charge in [0, 0.05) is 25.2 Å². The number of pyridine rings is 1. The Kier molecular flexibility index (Phi) is 7.59. The van der Waals surface area contributed by atoms with E-state index in [-0.39, 0.29) is 0 Å². The molecule has 3 rings (SSSR count). The van der Waals surface area contributed by atoms with Crippen LogP contribution in [0.15, 0.2) is 35.0 Å². The van der Waals surface area contributed by atoms with Crippen LogP contribution in [-0.2, 0) is 9.59 Å². The first kappa shape index (κ1) is 20.4. The van der Waals surface area contributed by atoms with E-state index in [1.165, 1.54) is 38.8 Å². The molecule has 2 fully saturated rings. The molecule has 1 spiro atoms. The molecule has 3 heterocycles. The molecule has 7 nitrogen and oxygen atoms in total. The lowest BCUT2D eigenvalue weighted by Crippen LogP contribution is -2.45. The van der Waals surface area contributed by atoms with Crippen LogP contribution >= 0.6 is 15.9 Å². The van der Waals surface area contributed by atoms with Crippen LogP contribution in [0.3, 0.4) is 0 Å². The third kappa shape index (κ3) is 6.42. The van der Waals surface area contributed by atoms with E-state index in [9.17, 15) is 9.59 Å². The van der Waals surface area contributed by atoms with Crippen molar-refractivity contribution in [3.63, 3.8) is 0 Å². The Morgan fingerprint density at radius 2 is 1.65 bits per heavy atom. The fourth-order valence-electron chi connectivity index (χ4n) is 3.38. The molecule has 0 saturated carbocycles. The SMILES string of the molecule is Brc1cccc(N2CCC3(CCNCC3)CC2)n1.O=C(O)/C=C/C(=O)O. The highest BCUT2D eigenvalue weighted by Gasteiger charge is 2.35. The average molecular weight is 426 g/mol. The Balaban J connectivity index is 0.000000260. The van der Waals surface area contributed by atoms with Gasteiger partial charge in [0.1, 0.15) is 10.4 Å². The fraction of sp³-hybridized carbons (Fsp3) is 0.500. The Labute approximate surface area is 161 Å². The number of carboxylic acids is 2. The predicted molar refractivity (Wildman–Crippen MR) is 102 cm³/mol. The van der Waals surface area contributed by atoms with Gasteiger partial charge in [-0.05, 0) is 72.3 Å². The molecule has 2 aliphatic heterocycles. The van der Waals surface area contributed by atoms with Crippen LogP contribution in [-0.4, -0.2) is 53.3 Å². The maximum Gasteiger partial charge on any atom is 0.328 e. The molecule has 0 bridgehead atoms. The zero-order valence-corrected chi connectivity index (χ0v) is 16.1. The number of aliphatic carboxylic acids is 2. The fourth-order valence-corrected chi connectivity index (χ4v) is 3.72. The number of aromatic nitrogens is 1. The van der Waals surface area contributed by atoms with Crippen molar-refractivity contribution in [1.29, 1.82) is 0 Å². The molecule has 0 radical (unpaired) electrons. The average Bonchev–Trinajstić information content (AvgIpc) is 2.62. The third-order valence-corrected chi connectivity index (χ3v) is 5.32. The van der Waals surface area contributed by atoms with Crippen molar-refractivity contribution < 1.29 is 19.8 Å². The highest BCUT2D eigenvalue weighted by atomic mass is 79.9. The number of nitrogens with zero attached hydrogens (tertiary/aromatic N) is 2. The molecule has 142 valence electrons. The predicted octanol–water partition coefficient (Wildman–Crippen LogP) is 2.53. The minimum atomic E-state index is -1.26. The second-order valence-electron chi connectivity index (χ2n) is 6.57. The van der Waals surface area contributed by atoms with Gasteiger partial charge in [-0.2, -0.15) is 0 Å². The molecule has 0 unspecified atom stereocenters. The Bertz CT molecular complexity index is 634. The van der Waals surface area contributed by atoms with Gasteiger partial charge in [-0.3, -0.25) is 0 Å². The maximum absolute atomic E-state index is 9.55. The van der Waals surface area contributed by atoms with Crippen LogP contribution in [0.5, 0.6) is 0 Å². The van der Waals surface area contributed by atoms with Crippen molar-refractivity contribution in [2.75, 3.05) is 31.1 Å². The number of carboxylic acid groups (broad SMARTS) is 2. The van der Waals surface area contributed by atoms with Crippen molar-refractivity contribution in [2.45, 2.75) is 25.7 Å². The summed E-state index contributed by atoms with van der Waals surface area (Å²) in [5.41, 5.74) is 0.619. The Morgan fingerprint density at radius 3 is 2.15 bits per heavy atom. The van der Waals surface area contributed by atoms with Crippen molar-refractivity contribution in [1.82, 2.24) is 10.3 Å². The van der Waals surface area contributed by atoms with Gasteiger partial charge in [-0.25, -0.2) is 14.6 Å². The van der Waals surface area contributed by atoms with Gasteiger partial charge in [0.05, 0.1) is 0 Å². The summed E-state index contributed by atoms with van der Waals surface area (Å²) in [6.07, 6.45) is 6.47. The van der Waals surface area contributed by atoms with E-state index in [1.807, 2.05) is 6.07 Å². The van der Waals surface area contributed by atoms with E-state index in [0.717, 1.165) is 23.5 Å². The van der Waals surface area contributed by atoms with Gasteiger partial charge in [0.25, 0.3) is 0 Å². The van der Waals surface area contributed by atoms with Gasteiger partial charge in [-0.15, -0.1) is 0 Å². The zero-order chi connectivity index (χ0) is 19.0. The minimum absolute atomic E-state index is 0.558. The van der Waals surface area contributed by atoms with Crippen LogP contribution in [0, 0.1) is 5.41 Å². The zero-order valence-electron chi connectivity index (χ0n) is 14.5. The van der Waals surface area contributed by atoms with E-state index in [2.05, 4.69) is 43.3 Å². The summed E-state index contributed by atoms with van der Waals surface area (Å²) < 4.78 is 0.933. The normalized spacial score (nSPS) is 19.0. The van der Waals surface area contributed by atoms with Gasteiger partial charge in [-0.1, -0.05) is 6.07 Å². The molecule has 1 aromatic rings. The topological polar surface area (TPSA) is 103 Å². The maximum atomic E-state index is 9.55. The van der Waals surface area contributed by atoms with Crippen molar-refractivity contribution in [3.05, 3.63) is 35.0 Å². The lowest BCUT2D eigenvalue weighted by Gasteiger charge is -2.44. The highest BCUT2D eigenvalue weighted by Crippen LogP contribution is 2.40. The number of carbonyl (C=O) groups is 2. The van der Waals surface area contributed by atoms with Gasteiger partial charge in [0.2, 0.25) is 0 Å². The smallest absolute Gasteiger partial charge is 0.328 e. The standard InChI is InChI=1S/C14H20BrN3.C4H4O4/c15-12-2-1-3-13(17-12)18-10-6-14(7-11-18)4-8-16-9-5-14;5-3(6)1-2-4(7)8/h1-3,16H,4-11H2;1-2H,(H,5,6)(H,7,8)/b;2-1+. The van der Waals surface area contributed by atoms with Crippen LogP contribution in [0.1, 0.15) is 25.7 Å². The number of piperidine rings is 2. The number of nitrogens with one attached hydrogen (secondary N) is 1. The largest absolute Gasteiger partial charge is 0.478 e. The van der Waals surface area contributed by atoms with Gasteiger partial charge < -0.3 is 20.4 Å². The lowest BCUT2D eigenvalue weighted by molar-refractivity contribution is -0.134. The summed E-state index contributed by atoms with van der Waals surface area (Å²) >= 11 is 3.45. The molecule has 8 heteroatoms. The van der Waals surface area contributed by atoms with Crippen LogP contribution in [0.2, 0.25) is 0 Å². The minimum Gasteiger partial charge on any atom is -0.478 e. The molecule has 3 N–H and O–H groups in total. The van der Waals surface area contributed by atoms with Gasteiger partial charge >= 0.3 is 11.9 Å². The molecule has 0 atom stereocenters. The number of anilines is 1. The Morgan fingerprint density at radius 1 is 1.08 bits per heavy atom. The molecule has 2 saturated heterocycles. The van der Waals surface area contributed by atoms with E-state index in [1.54, 1.807) is 0 Å². The first-order chi connectivity index (χ1) is 12.4. The van der Waals surface area contributed by atoms with Crippen molar-refractivity contribution in [2.24, 2.45) is 5.41 Å². The highest BCUT2D eigenvalue weighted by molar-refractivity contribution is 9.10. The van der Waals surface area contributed by atoms with E-state index in [0.29, 0.717) is 17.6 Å². The second-order valence-corrected chi connectivity index (χ2v) is 7.38. The van der Waals surface area contributed by atoms with E-state index < -0.39 is 11.9 Å². The van der Waals surface area contributed by atoms with Crippen molar-refractivity contribution >= 4 is 33.7 Å². The number of rotatable bonds is 3. The first-order valence-electron chi connectivity index (χ1n) is 8.62. The van der Waals surface area contributed by atoms with Crippen molar-refractivity contribution in [3.8, 4) is 0 Å². The molecular formula is C18H24BrN3O4. The molecule has 1 aromatic heterocycles. The van der Waals surface area contributed by atoms with Crippen LogP contribution < -0.4 is 10.2 Å². The number of hydrogen-bond acceptors (Lipinski definition) is 5. The number of hydrogen-bond donors (Lipinski definition) is 3. The van der Waals surface area contributed by atoms with E-state index in [4.69, 9.17) is 10.2 Å². The molecule has 2 aliphatic rings. The third-order valence-electron chi connectivity index (χ3n) is 4.88. The first-order valence-corrected chi connectivity index (χ1v) is 9.42. The summed E-state index contributed by atoms with van der Waals surface area (Å²) in [6.45, 7) is 4.72. The molecular weight excluding hydrogens is 402 g/mol. The van der Waals surface area contributed by atoms with Crippen LogP contribution in [0.25, 0.3) is 0 Å². The molecule has 0 aliphatic carbocycles. The summed E-state index contributed by atoms with van der Waals surface area (Å²) in [5.74, 6) is -1.40. The lowest BCUT2D eigenvalue weighted by atomic mass is 9.71. The second kappa shape index (κ2) is 9.68. The van der Waals surface area contributed by atoms with Gasteiger partial charge in [0.15, 0.2) is 0 Å². The monoisotopic (exact) mass is 425 g/mol. The quantitative estimate of drug-likeness (QED) is 0.504. The Hall–Kier alpha value is -1.93. The summed E-state index contributed by atoms with van der Waals surface area (Å²) in [4.78, 5) is 26.1. The van der Waals surface area contributed by atoms with Crippen LogP contribution in [0.4, 0.5) is 5.82 Å². The number of halogens is 1.